The molecule has 4 fully saturated rings. The summed E-state index contributed by atoms with van der Waals surface area (Å²) in [6, 6.07) is 5.59. The highest BCUT2D eigenvalue weighted by molar-refractivity contribution is 5.43. The molecule has 1 aromatic rings. The molecule has 3 saturated carbocycles. The first kappa shape index (κ1) is 19.4. The lowest BCUT2D eigenvalue weighted by atomic mass is 9.36. The van der Waals surface area contributed by atoms with Crippen LogP contribution in [0.4, 0.5) is 0 Å². The SMILES string of the molecule is C[C@]12CCC[C@@]3(CO[C@@H]1O)[C@H]2CC[C@]1(C)[C@@H]3CC[C@]2(C)Oc3ccc(O)cc3C[C@@H]12. The zero-order valence-corrected chi connectivity index (χ0v) is 18.6. The summed E-state index contributed by atoms with van der Waals surface area (Å²) in [6.45, 7) is 7.85. The Hall–Kier alpha value is -1.26. The maximum absolute atomic E-state index is 10.8. The van der Waals surface area contributed by atoms with Gasteiger partial charge in [-0.2, -0.15) is 0 Å². The van der Waals surface area contributed by atoms with Crippen LogP contribution in [0.2, 0.25) is 0 Å². The van der Waals surface area contributed by atoms with E-state index in [9.17, 15) is 10.2 Å². The molecule has 2 bridgehead atoms. The second kappa shape index (κ2) is 5.95. The van der Waals surface area contributed by atoms with Crippen LogP contribution in [0.15, 0.2) is 18.2 Å². The van der Waals surface area contributed by atoms with Crippen LogP contribution >= 0.6 is 0 Å². The minimum atomic E-state index is -0.609. The van der Waals surface area contributed by atoms with E-state index in [2.05, 4.69) is 20.8 Å². The highest BCUT2D eigenvalue weighted by Gasteiger charge is 2.70. The van der Waals surface area contributed by atoms with Gasteiger partial charge in [-0.15, -0.1) is 0 Å². The van der Waals surface area contributed by atoms with Crippen molar-refractivity contribution in [2.24, 2.45) is 34.0 Å². The van der Waals surface area contributed by atoms with Gasteiger partial charge in [-0.25, -0.2) is 0 Å². The van der Waals surface area contributed by atoms with Gasteiger partial charge in [0, 0.05) is 16.7 Å². The molecule has 4 heteroatoms. The van der Waals surface area contributed by atoms with Crippen molar-refractivity contribution in [3.8, 4) is 11.5 Å². The molecule has 30 heavy (non-hydrogen) atoms. The fraction of sp³-hybridized carbons (Fsp3) is 0.769. The van der Waals surface area contributed by atoms with Gasteiger partial charge in [0.05, 0.1) is 6.61 Å². The van der Waals surface area contributed by atoms with E-state index in [-0.39, 0.29) is 21.8 Å². The summed E-state index contributed by atoms with van der Waals surface area (Å²) in [4.78, 5) is 0. The molecule has 3 aliphatic carbocycles. The summed E-state index contributed by atoms with van der Waals surface area (Å²) in [6.07, 6.45) is 8.54. The molecule has 5 aliphatic rings. The topological polar surface area (TPSA) is 58.9 Å². The van der Waals surface area contributed by atoms with E-state index in [1.807, 2.05) is 12.1 Å². The molecule has 0 unspecified atom stereocenters. The predicted octanol–water partition coefficient (Wildman–Crippen LogP) is 5.05. The lowest BCUT2D eigenvalue weighted by Gasteiger charge is -2.71. The Kier molecular flexibility index (Phi) is 3.85. The highest BCUT2D eigenvalue weighted by Crippen LogP contribution is 2.72. The molecule has 0 radical (unpaired) electrons. The zero-order valence-electron chi connectivity index (χ0n) is 18.6. The maximum atomic E-state index is 10.8. The number of hydrogen-bond acceptors (Lipinski definition) is 4. The Balaban J connectivity index is 1.42. The lowest BCUT2D eigenvalue weighted by Crippen LogP contribution is -2.69. The molecular weight excluding hydrogens is 376 g/mol. The Labute approximate surface area is 180 Å². The first-order chi connectivity index (χ1) is 14.2. The van der Waals surface area contributed by atoms with E-state index in [1.165, 1.54) is 32.1 Å². The van der Waals surface area contributed by atoms with Gasteiger partial charge in [-0.05, 0) is 92.9 Å². The van der Waals surface area contributed by atoms with Gasteiger partial charge in [0.1, 0.15) is 17.1 Å². The monoisotopic (exact) mass is 412 g/mol. The van der Waals surface area contributed by atoms with Crippen molar-refractivity contribution in [3.63, 3.8) is 0 Å². The Morgan fingerprint density at radius 2 is 1.70 bits per heavy atom. The highest BCUT2D eigenvalue weighted by atomic mass is 16.6. The van der Waals surface area contributed by atoms with Crippen LogP contribution in [-0.4, -0.2) is 28.7 Å². The van der Waals surface area contributed by atoms with E-state index in [0.29, 0.717) is 23.5 Å². The molecule has 1 saturated heterocycles. The Bertz CT molecular complexity index is 884. The first-order valence-electron chi connectivity index (χ1n) is 12.0. The number of aliphatic hydroxyl groups excluding tert-OH is 1. The number of aromatic hydroxyl groups is 1. The van der Waals surface area contributed by atoms with Crippen molar-refractivity contribution in [2.75, 3.05) is 6.61 Å². The van der Waals surface area contributed by atoms with E-state index < -0.39 is 6.29 Å². The standard InChI is InChI=1S/C26H36O4/c1-23-11-7-20-24(2)9-4-10-26(20,15-29-22(24)28)19(23)8-12-25(3)21(23)14-16-13-17(27)5-6-18(16)30-25/h5-6,13,19-22,27-28H,4,7-12,14-15H2,1-3H3/t19-,20-,21-,22-,23+,24+,25-,26-/m0/s1. The van der Waals surface area contributed by atoms with Gasteiger partial charge in [0.2, 0.25) is 0 Å². The number of fused-ring (bicyclic) bond motifs is 4. The average Bonchev–Trinajstić information content (AvgIpc) is 2.70. The van der Waals surface area contributed by atoms with Gasteiger partial charge >= 0.3 is 0 Å². The fourth-order valence-corrected chi connectivity index (χ4v) is 9.32. The van der Waals surface area contributed by atoms with Crippen LogP contribution in [0.25, 0.3) is 0 Å². The molecule has 8 atom stereocenters. The zero-order chi connectivity index (χ0) is 20.9. The summed E-state index contributed by atoms with van der Waals surface area (Å²) < 4.78 is 12.8. The third-order valence-corrected chi connectivity index (χ3v) is 10.7. The summed E-state index contributed by atoms with van der Waals surface area (Å²) in [5.41, 5.74) is 1.30. The van der Waals surface area contributed by atoms with Crippen LogP contribution in [0, 0.1) is 34.0 Å². The molecule has 4 nitrogen and oxygen atoms in total. The summed E-state index contributed by atoms with van der Waals surface area (Å²) in [7, 11) is 0. The van der Waals surface area contributed by atoms with Gasteiger partial charge in [0.15, 0.2) is 6.29 Å². The predicted molar refractivity (Wildman–Crippen MR) is 114 cm³/mol. The van der Waals surface area contributed by atoms with Gasteiger partial charge in [0.25, 0.3) is 0 Å². The van der Waals surface area contributed by atoms with Gasteiger partial charge in [-0.3, -0.25) is 0 Å². The normalized spacial score (nSPS) is 51.6. The second-order valence-corrected chi connectivity index (χ2v) is 11.9. The molecule has 0 amide bonds. The van der Waals surface area contributed by atoms with E-state index in [4.69, 9.17) is 9.47 Å². The van der Waals surface area contributed by atoms with Gasteiger partial charge in [-0.1, -0.05) is 20.3 Å². The molecule has 2 heterocycles. The number of phenols is 1. The molecule has 1 aromatic carbocycles. The lowest BCUT2D eigenvalue weighted by molar-refractivity contribution is -0.327. The van der Waals surface area contributed by atoms with Gasteiger partial charge < -0.3 is 19.7 Å². The second-order valence-electron chi connectivity index (χ2n) is 11.9. The first-order valence-corrected chi connectivity index (χ1v) is 12.0. The van der Waals surface area contributed by atoms with Crippen LogP contribution in [0.5, 0.6) is 11.5 Å². The van der Waals surface area contributed by atoms with Crippen molar-refractivity contribution in [3.05, 3.63) is 23.8 Å². The van der Waals surface area contributed by atoms with Crippen molar-refractivity contribution in [2.45, 2.75) is 84.0 Å². The number of hydrogen-bond donors (Lipinski definition) is 2. The third-order valence-electron chi connectivity index (χ3n) is 10.7. The number of ether oxygens (including phenoxy) is 2. The minimum Gasteiger partial charge on any atom is -0.508 e. The minimum absolute atomic E-state index is 0.0972. The summed E-state index contributed by atoms with van der Waals surface area (Å²) in [5.74, 6) is 2.89. The molecule has 2 aliphatic heterocycles. The van der Waals surface area contributed by atoms with Crippen molar-refractivity contribution in [1.82, 2.24) is 0 Å². The third kappa shape index (κ3) is 2.25. The molecule has 6 rings (SSSR count). The van der Waals surface area contributed by atoms with E-state index >= 15 is 0 Å². The number of aliphatic hydroxyl groups is 1. The van der Waals surface area contributed by atoms with Crippen LogP contribution in [-0.2, 0) is 11.2 Å². The molecular formula is C26H36O4. The smallest absolute Gasteiger partial charge is 0.160 e. The maximum Gasteiger partial charge on any atom is 0.160 e. The van der Waals surface area contributed by atoms with E-state index in [0.717, 1.165) is 37.2 Å². The number of rotatable bonds is 0. The Morgan fingerprint density at radius 1 is 0.933 bits per heavy atom. The molecule has 0 aromatic heterocycles. The van der Waals surface area contributed by atoms with Crippen molar-refractivity contribution < 1.29 is 19.7 Å². The average molecular weight is 413 g/mol. The largest absolute Gasteiger partial charge is 0.508 e. The van der Waals surface area contributed by atoms with Crippen molar-refractivity contribution >= 4 is 0 Å². The van der Waals surface area contributed by atoms with Crippen molar-refractivity contribution in [1.29, 1.82) is 0 Å². The molecule has 0 spiro atoms. The molecule has 164 valence electrons. The quantitative estimate of drug-likeness (QED) is 0.626. The Morgan fingerprint density at radius 3 is 2.53 bits per heavy atom. The fourth-order valence-electron chi connectivity index (χ4n) is 9.32. The van der Waals surface area contributed by atoms with E-state index in [1.54, 1.807) is 6.07 Å². The van der Waals surface area contributed by atoms with Crippen LogP contribution in [0.1, 0.15) is 71.3 Å². The number of phenolic OH excluding ortho intramolecular Hbond substituents is 1. The summed E-state index contributed by atoms with van der Waals surface area (Å²) in [5, 5.41) is 20.8. The number of benzene rings is 1. The van der Waals surface area contributed by atoms with Crippen LogP contribution < -0.4 is 4.74 Å². The molecule has 2 N–H and O–H groups in total. The van der Waals surface area contributed by atoms with Crippen LogP contribution in [0.3, 0.4) is 0 Å². The summed E-state index contributed by atoms with van der Waals surface area (Å²) >= 11 is 0.